The van der Waals surface area contributed by atoms with Crippen molar-refractivity contribution in [2.45, 2.75) is 32.5 Å². The minimum Gasteiger partial charge on any atom is -0.485 e. The summed E-state index contributed by atoms with van der Waals surface area (Å²) in [5, 5.41) is 3.41. The zero-order valence-electron chi connectivity index (χ0n) is 18.8. The number of carbonyl (C=O) groups is 1. The van der Waals surface area contributed by atoms with Crippen LogP contribution in [0.25, 0.3) is 11.1 Å². The lowest BCUT2D eigenvalue weighted by atomic mass is 10.0. The second-order valence-corrected chi connectivity index (χ2v) is 8.51. The van der Waals surface area contributed by atoms with Crippen molar-refractivity contribution in [2.24, 2.45) is 0 Å². The van der Waals surface area contributed by atoms with Gasteiger partial charge in [0.25, 0.3) is 5.91 Å². The first-order chi connectivity index (χ1) is 16.2. The van der Waals surface area contributed by atoms with Gasteiger partial charge in [-0.2, -0.15) is 0 Å². The summed E-state index contributed by atoms with van der Waals surface area (Å²) in [6.45, 7) is 5.03. The van der Waals surface area contributed by atoms with Gasteiger partial charge in [-0.3, -0.25) is 4.79 Å². The van der Waals surface area contributed by atoms with E-state index in [0.717, 1.165) is 11.6 Å². The average molecular weight is 470 g/mol. The predicted molar refractivity (Wildman–Crippen MR) is 123 cm³/mol. The van der Waals surface area contributed by atoms with Crippen molar-refractivity contribution in [1.29, 1.82) is 0 Å². The van der Waals surface area contributed by atoms with E-state index in [0.29, 0.717) is 30.3 Å². The Kier molecular flexibility index (Phi) is 6.74. The summed E-state index contributed by atoms with van der Waals surface area (Å²) in [4.78, 5) is 18.9. The minimum atomic E-state index is -1.27. The molecule has 0 saturated carbocycles. The van der Waals surface area contributed by atoms with Crippen molar-refractivity contribution >= 4 is 11.7 Å². The molecule has 0 radical (unpaired) electrons. The summed E-state index contributed by atoms with van der Waals surface area (Å²) in [5.74, 6) is -3.15. The number of hydrogen-bond donors (Lipinski definition) is 2. The second kappa shape index (κ2) is 9.72. The van der Waals surface area contributed by atoms with E-state index in [-0.39, 0.29) is 41.7 Å². The standard InChI is InChI=1S/C25H25F3N4O2/c1-14-11-32(12-15(2)31-14)25(33)17-5-3-16(4-6-17)18-8-23(24(29)30-10-18)34-13-19-7-21(27)22(28)9-20(19)26/h3-10,14-15,31H,11-13H2,1-2H3,(H2,29,30). The van der Waals surface area contributed by atoms with Crippen LogP contribution in [-0.4, -0.2) is 41.0 Å². The van der Waals surface area contributed by atoms with Crippen LogP contribution < -0.4 is 15.8 Å². The first-order valence-electron chi connectivity index (χ1n) is 10.9. The number of ether oxygens (including phenoxy) is 1. The molecule has 0 aliphatic carbocycles. The number of hydrogen-bond acceptors (Lipinski definition) is 5. The summed E-state index contributed by atoms with van der Waals surface area (Å²) in [5.41, 5.74) is 7.74. The average Bonchev–Trinajstić information content (AvgIpc) is 2.80. The molecule has 9 heteroatoms. The Balaban J connectivity index is 1.49. The molecule has 0 bridgehead atoms. The Morgan fingerprint density at radius 1 is 1.03 bits per heavy atom. The van der Waals surface area contributed by atoms with Gasteiger partial charge in [0.05, 0.1) is 0 Å². The minimum absolute atomic E-state index is 0.0280. The summed E-state index contributed by atoms with van der Waals surface area (Å²) >= 11 is 0. The van der Waals surface area contributed by atoms with Crippen LogP contribution in [0.5, 0.6) is 5.75 Å². The van der Waals surface area contributed by atoms with Crippen molar-refractivity contribution < 1.29 is 22.7 Å². The quantitative estimate of drug-likeness (QED) is 0.548. The topological polar surface area (TPSA) is 80.5 Å². The van der Waals surface area contributed by atoms with Gasteiger partial charge < -0.3 is 20.7 Å². The van der Waals surface area contributed by atoms with Crippen LogP contribution in [-0.2, 0) is 6.61 Å². The van der Waals surface area contributed by atoms with E-state index in [1.807, 2.05) is 18.7 Å². The van der Waals surface area contributed by atoms with Crippen LogP contribution >= 0.6 is 0 Å². The SMILES string of the molecule is CC1CN(C(=O)c2ccc(-c3cnc(N)c(OCc4cc(F)c(F)cc4F)c3)cc2)CC(C)N1. The third kappa shape index (κ3) is 5.14. The molecule has 3 N–H and O–H groups in total. The van der Waals surface area contributed by atoms with Gasteiger partial charge >= 0.3 is 0 Å². The number of nitrogens with one attached hydrogen (secondary N) is 1. The van der Waals surface area contributed by atoms with Crippen LogP contribution in [0.15, 0.2) is 48.7 Å². The Morgan fingerprint density at radius 2 is 1.68 bits per heavy atom. The molecule has 2 heterocycles. The highest BCUT2D eigenvalue weighted by Gasteiger charge is 2.25. The monoisotopic (exact) mass is 470 g/mol. The lowest BCUT2D eigenvalue weighted by Crippen LogP contribution is -2.55. The molecule has 1 aliphatic heterocycles. The zero-order valence-corrected chi connectivity index (χ0v) is 18.8. The fourth-order valence-electron chi connectivity index (χ4n) is 4.04. The molecule has 2 aromatic carbocycles. The van der Waals surface area contributed by atoms with Crippen LogP contribution in [0.4, 0.5) is 19.0 Å². The first-order valence-corrected chi connectivity index (χ1v) is 10.9. The lowest BCUT2D eigenvalue weighted by Gasteiger charge is -2.36. The number of amides is 1. The highest BCUT2D eigenvalue weighted by atomic mass is 19.2. The molecule has 34 heavy (non-hydrogen) atoms. The lowest BCUT2D eigenvalue weighted by molar-refractivity contribution is 0.0674. The maximum absolute atomic E-state index is 13.9. The number of rotatable bonds is 5. The van der Waals surface area contributed by atoms with Crippen molar-refractivity contribution in [3.8, 4) is 16.9 Å². The summed E-state index contributed by atoms with van der Waals surface area (Å²) in [6.07, 6.45) is 1.55. The van der Waals surface area contributed by atoms with Gasteiger partial charge in [-0.05, 0) is 43.7 Å². The van der Waals surface area contributed by atoms with Crippen LogP contribution in [0.2, 0.25) is 0 Å². The van der Waals surface area contributed by atoms with Crippen molar-refractivity contribution in [3.63, 3.8) is 0 Å². The van der Waals surface area contributed by atoms with E-state index in [1.165, 1.54) is 0 Å². The predicted octanol–water partition coefficient (Wildman–Crippen LogP) is 4.15. The highest BCUT2D eigenvalue weighted by molar-refractivity contribution is 5.95. The van der Waals surface area contributed by atoms with Crippen molar-refractivity contribution in [1.82, 2.24) is 15.2 Å². The third-order valence-corrected chi connectivity index (χ3v) is 5.66. The number of benzene rings is 2. The number of pyridine rings is 1. The van der Waals surface area contributed by atoms with Gasteiger partial charge in [0, 0.05) is 54.1 Å². The smallest absolute Gasteiger partial charge is 0.253 e. The molecule has 2 atom stereocenters. The zero-order chi connectivity index (χ0) is 24.4. The van der Waals surface area contributed by atoms with Gasteiger partial charge in [0.15, 0.2) is 23.2 Å². The number of anilines is 1. The van der Waals surface area contributed by atoms with E-state index in [4.69, 9.17) is 10.5 Å². The molecule has 6 nitrogen and oxygen atoms in total. The van der Waals surface area contributed by atoms with Crippen molar-refractivity contribution in [3.05, 3.63) is 77.2 Å². The van der Waals surface area contributed by atoms with E-state index >= 15 is 0 Å². The van der Waals surface area contributed by atoms with Crippen LogP contribution in [0.3, 0.4) is 0 Å². The van der Waals surface area contributed by atoms with Crippen molar-refractivity contribution in [2.75, 3.05) is 18.8 Å². The number of aromatic nitrogens is 1. The van der Waals surface area contributed by atoms with E-state index in [2.05, 4.69) is 10.3 Å². The fourth-order valence-corrected chi connectivity index (χ4v) is 4.04. The number of nitrogen functional groups attached to an aromatic ring is 1. The van der Waals surface area contributed by atoms with Crippen LogP contribution in [0.1, 0.15) is 29.8 Å². The van der Waals surface area contributed by atoms with Crippen LogP contribution in [0, 0.1) is 17.5 Å². The molecule has 1 fully saturated rings. The van der Waals surface area contributed by atoms with Gasteiger partial charge in [-0.15, -0.1) is 0 Å². The normalized spacial score (nSPS) is 18.1. The van der Waals surface area contributed by atoms with Gasteiger partial charge in [-0.1, -0.05) is 12.1 Å². The number of nitrogens with zero attached hydrogens (tertiary/aromatic N) is 2. The number of nitrogens with two attached hydrogens (primary N) is 1. The second-order valence-electron chi connectivity index (χ2n) is 8.51. The molecule has 1 aromatic heterocycles. The van der Waals surface area contributed by atoms with E-state index in [1.54, 1.807) is 36.5 Å². The molecule has 1 aliphatic rings. The highest BCUT2D eigenvalue weighted by Crippen LogP contribution is 2.28. The molecular formula is C25H25F3N4O2. The Labute approximate surface area is 195 Å². The summed E-state index contributed by atoms with van der Waals surface area (Å²) in [7, 11) is 0. The molecule has 178 valence electrons. The number of halogens is 3. The Hall–Kier alpha value is -3.59. The molecule has 4 rings (SSSR count). The Morgan fingerprint density at radius 3 is 2.35 bits per heavy atom. The molecular weight excluding hydrogens is 445 g/mol. The Bertz CT molecular complexity index is 1190. The maximum atomic E-state index is 13.9. The summed E-state index contributed by atoms with van der Waals surface area (Å²) < 4.78 is 46.0. The largest absolute Gasteiger partial charge is 0.485 e. The van der Waals surface area contributed by atoms with E-state index in [9.17, 15) is 18.0 Å². The number of carbonyl (C=O) groups excluding carboxylic acids is 1. The molecule has 0 spiro atoms. The number of piperazine rings is 1. The molecule has 2 unspecified atom stereocenters. The maximum Gasteiger partial charge on any atom is 0.253 e. The first kappa shape index (κ1) is 23.6. The third-order valence-electron chi connectivity index (χ3n) is 5.66. The van der Waals surface area contributed by atoms with Gasteiger partial charge in [0.2, 0.25) is 0 Å². The molecule has 1 saturated heterocycles. The van der Waals surface area contributed by atoms with Gasteiger partial charge in [0.1, 0.15) is 12.4 Å². The molecule has 1 amide bonds. The molecule has 3 aromatic rings. The van der Waals surface area contributed by atoms with Gasteiger partial charge in [-0.25, -0.2) is 18.2 Å². The van der Waals surface area contributed by atoms with E-state index < -0.39 is 17.5 Å². The summed E-state index contributed by atoms with van der Waals surface area (Å²) in [6, 6.07) is 10.4. The fraction of sp³-hybridized carbons (Fsp3) is 0.280.